The molecule has 0 spiro atoms. The number of benzene rings is 1. The molecule has 1 saturated carbocycles. The Morgan fingerprint density at radius 1 is 0.880 bits per heavy atom. The zero-order valence-corrected chi connectivity index (χ0v) is 16.5. The standard InChI is InChI=1S/C22H36O3/c1-21(2,3)11-7-5-9-16-17(20(25)19(24)15-18(16)23)10-6-8-12-22(4)13-14-22/h15,23-25H,5-14H2,1-4H3. The second-order valence-electron chi connectivity index (χ2n) is 9.51. The number of phenols is 3. The van der Waals surface area contributed by atoms with E-state index in [0.717, 1.165) is 56.1 Å². The first-order valence-corrected chi connectivity index (χ1v) is 9.87. The highest BCUT2D eigenvalue weighted by Gasteiger charge is 2.36. The number of aromatic hydroxyl groups is 3. The van der Waals surface area contributed by atoms with Gasteiger partial charge in [0.25, 0.3) is 0 Å². The van der Waals surface area contributed by atoms with Crippen LogP contribution in [0, 0.1) is 10.8 Å². The van der Waals surface area contributed by atoms with Gasteiger partial charge in [0.15, 0.2) is 11.5 Å². The summed E-state index contributed by atoms with van der Waals surface area (Å²) in [6, 6.07) is 1.28. The van der Waals surface area contributed by atoms with Crippen LogP contribution in [-0.4, -0.2) is 15.3 Å². The minimum Gasteiger partial charge on any atom is -0.508 e. The van der Waals surface area contributed by atoms with E-state index in [9.17, 15) is 15.3 Å². The summed E-state index contributed by atoms with van der Waals surface area (Å²) in [4.78, 5) is 0. The minimum atomic E-state index is -0.208. The summed E-state index contributed by atoms with van der Waals surface area (Å²) in [5, 5.41) is 30.4. The minimum absolute atomic E-state index is 0.0405. The van der Waals surface area contributed by atoms with Crippen LogP contribution in [0.15, 0.2) is 6.07 Å². The highest BCUT2D eigenvalue weighted by Crippen LogP contribution is 2.49. The molecule has 0 atom stereocenters. The molecule has 0 saturated heterocycles. The van der Waals surface area contributed by atoms with Gasteiger partial charge in [0.2, 0.25) is 0 Å². The Balaban J connectivity index is 1.97. The number of unbranched alkanes of at least 4 members (excludes halogenated alkanes) is 2. The molecule has 1 fully saturated rings. The topological polar surface area (TPSA) is 60.7 Å². The third kappa shape index (κ3) is 6.13. The average Bonchev–Trinajstić information content (AvgIpc) is 3.23. The van der Waals surface area contributed by atoms with Crippen LogP contribution in [0.25, 0.3) is 0 Å². The predicted molar refractivity (Wildman–Crippen MR) is 103 cm³/mol. The van der Waals surface area contributed by atoms with Crippen LogP contribution in [0.2, 0.25) is 0 Å². The maximum absolute atomic E-state index is 10.3. The summed E-state index contributed by atoms with van der Waals surface area (Å²) in [7, 11) is 0. The highest BCUT2D eigenvalue weighted by atomic mass is 16.3. The largest absolute Gasteiger partial charge is 0.508 e. The normalized spacial score (nSPS) is 16.2. The van der Waals surface area contributed by atoms with Gasteiger partial charge in [-0.1, -0.05) is 40.5 Å². The molecule has 3 heteroatoms. The van der Waals surface area contributed by atoms with Crippen molar-refractivity contribution in [3.8, 4) is 17.2 Å². The molecule has 1 aliphatic rings. The SMILES string of the molecule is CC(C)(C)CCCCc1c(O)cc(O)c(O)c1CCCCC1(C)CC1. The Bertz CT molecular complexity index is 580. The molecule has 0 bridgehead atoms. The lowest BCUT2D eigenvalue weighted by molar-refractivity contribution is 0.358. The van der Waals surface area contributed by atoms with E-state index in [1.54, 1.807) is 0 Å². The van der Waals surface area contributed by atoms with Crippen molar-refractivity contribution in [1.29, 1.82) is 0 Å². The molecule has 0 aliphatic heterocycles. The first-order chi connectivity index (χ1) is 11.6. The fourth-order valence-electron chi connectivity index (χ4n) is 3.56. The molecule has 1 aromatic carbocycles. The summed E-state index contributed by atoms with van der Waals surface area (Å²) in [5.41, 5.74) is 2.44. The Kier molecular flexibility index (Phi) is 6.29. The van der Waals surface area contributed by atoms with Crippen molar-refractivity contribution in [3.63, 3.8) is 0 Å². The van der Waals surface area contributed by atoms with Gasteiger partial charge in [0.1, 0.15) is 5.75 Å². The lowest BCUT2D eigenvalue weighted by atomic mass is 9.88. The molecule has 0 heterocycles. The molecule has 0 aromatic heterocycles. The predicted octanol–water partition coefficient (Wildman–Crippen LogP) is 6.08. The van der Waals surface area contributed by atoms with Gasteiger partial charge in [0, 0.05) is 17.2 Å². The second-order valence-corrected chi connectivity index (χ2v) is 9.51. The van der Waals surface area contributed by atoms with Gasteiger partial charge in [0.05, 0.1) is 0 Å². The third-order valence-electron chi connectivity index (χ3n) is 5.64. The first kappa shape index (κ1) is 19.9. The lowest BCUT2D eigenvalue weighted by Gasteiger charge is -2.19. The number of phenolic OH excluding ortho intramolecular Hbond substituents is 3. The summed E-state index contributed by atoms with van der Waals surface area (Å²) in [5.74, 6) is -0.128. The third-order valence-corrected chi connectivity index (χ3v) is 5.64. The zero-order valence-electron chi connectivity index (χ0n) is 16.5. The summed E-state index contributed by atoms with van der Waals surface area (Å²) >= 11 is 0. The Morgan fingerprint density at radius 3 is 2.08 bits per heavy atom. The Morgan fingerprint density at radius 2 is 1.48 bits per heavy atom. The molecule has 1 aliphatic carbocycles. The van der Waals surface area contributed by atoms with E-state index >= 15 is 0 Å². The smallest absolute Gasteiger partial charge is 0.161 e. The van der Waals surface area contributed by atoms with E-state index in [2.05, 4.69) is 27.7 Å². The van der Waals surface area contributed by atoms with E-state index in [0.29, 0.717) is 10.8 Å². The molecule has 3 nitrogen and oxygen atoms in total. The maximum atomic E-state index is 10.3. The molecule has 3 N–H and O–H groups in total. The Hall–Kier alpha value is -1.38. The van der Waals surface area contributed by atoms with Gasteiger partial charge >= 0.3 is 0 Å². The quantitative estimate of drug-likeness (QED) is 0.288. The monoisotopic (exact) mass is 348 g/mol. The van der Waals surface area contributed by atoms with Crippen LogP contribution in [-0.2, 0) is 12.8 Å². The van der Waals surface area contributed by atoms with Crippen LogP contribution in [0.5, 0.6) is 17.2 Å². The molecule has 142 valence electrons. The van der Waals surface area contributed by atoms with E-state index in [4.69, 9.17) is 0 Å². The fourth-order valence-corrected chi connectivity index (χ4v) is 3.56. The molecule has 25 heavy (non-hydrogen) atoms. The molecular formula is C22H36O3. The summed E-state index contributed by atoms with van der Waals surface area (Å²) in [6.45, 7) is 9.05. The van der Waals surface area contributed by atoms with Crippen LogP contribution in [0.3, 0.4) is 0 Å². The molecule has 0 amide bonds. The van der Waals surface area contributed by atoms with Crippen molar-refractivity contribution < 1.29 is 15.3 Å². The van der Waals surface area contributed by atoms with Gasteiger partial charge in [-0.15, -0.1) is 0 Å². The van der Waals surface area contributed by atoms with Crippen molar-refractivity contribution in [2.24, 2.45) is 10.8 Å². The zero-order chi connectivity index (χ0) is 18.7. The van der Waals surface area contributed by atoms with E-state index in [-0.39, 0.29) is 17.2 Å². The van der Waals surface area contributed by atoms with Crippen molar-refractivity contribution in [2.45, 2.75) is 91.9 Å². The summed E-state index contributed by atoms with van der Waals surface area (Å²) in [6.07, 6.45) is 10.7. The lowest BCUT2D eigenvalue weighted by Crippen LogP contribution is -2.05. The molecule has 0 radical (unpaired) electrons. The van der Waals surface area contributed by atoms with Crippen LogP contribution in [0.4, 0.5) is 0 Å². The van der Waals surface area contributed by atoms with Gasteiger partial charge < -0.3 is 15.3 Å². The number of rotatable bonds is 9. The van der Waals surface area contributed by atoms with Gasteiger partial charge in [-0.05, 0) is 62.2 Å². The molecule has 1 aromatic rings. The van der Waals surface area contributed by atoms with E-state index < -0.39 is 0 Å². The maximum Gasteiger partial charge on any atom is 0.161 e. The van der Waals surface area contributed by atoms with Crippen LogP contribution >= 0.6 is 0 Å². The van der Waals surface area contributed by atoms with Gasteiger partial charge in [-0.3, -0.25) is 0 Å². The number of hydrogen-bond donors (Lipinski definition) is 3. The van der Waals surface area contributed by atoms with Crippen molar-refractivity contribution in [1.82, 2.24) is 0 Å². The van der Waals surface area contributed by atoms with Crippen molar-refractivity contribution in [3.05, 3.63) is 17.2 Å². The average molecular weight is 349 g/mol. The van der Waals surface area contributed by atoms with Crippen molar-refractivity contribution in [2.75, 3.05) is 0 Å². The summed E-state index contributed by atoms with van der Waals surface area (Å²) < 4.78 is 0. The second kappa shape index (κ2) is 7.88. The molecular weight excluding hydrogens is 312 g/mol. The van der Waals surface area contributed by atoms with Crippen LogP contribution in [0.1, 0.15) is 90.2 Å². The van der Waals surface area contributed by atoms with E-state index in [1.165, 1.54) is 25.3 Å². The van der Waals surface area contributed by atoms with Crippen molar-refractivity contribution >= 4 is 0 Å². The van der Waals surface area contributed by atoms with E-state index in [1.807, 2.05) is 0 Å². The Labute approximate surface area is 153 Å². The fraction of sp³-hybridized carbons (Fsp3) is 0.727. The molecule has 0 unspecified atom stereocenters. The first-order valence-electron chi connectivity index (χ1n) is 9.87. The van der Waals surface area contributed by atoms with Gasteiger partial charge in [-0.2, -0.15) is 0 Å². The number of hydrogen-bond acceptors (Lipinski definition) is 3. The van der Waals surface area contributed by atoms with Crippen LogP contribution < -0.4 is 0 Å². The molecule has 2 rings (SSSR count). The van der Waals surface area contributed by atoms with Gasteiger partial charge in [-0.25, -0.2) is 0 Å². The highest BCUT2D eigenvalue weighted by molar-refractivity contribution is 5.55.